The third-order valence-electron chi connectivity index (χ3n) is 9.88. The van der Waals surface area contributed by atoms with Gasteiger partial charge in [-0.1, -0.05) is 142 Å². The monoisotopic (exact) mass is 672 g/mol. The first-order valence-electron chi connectivity index (χ1n) is 18.2. The van der Waals surface area contributed by atoms with Crippen LogP contribution in [0, 0.1) is 0 Å². The average molecular weight is 673 g/mol. The molecule has 0 saturated heterocycles. The highest BCUT2D eigenvalue weighted by molar-refractivity contribution is 6.18. The van der Waals surface area contributed by atoms with Gasteiger partial charge >= 0.3 is 0 Å². The van der Waals surface area contributed by atoms with Crippen LogP contribution in [0.1, 0.15) is 32.0 Å². The number of nitrogens with one attached hydrogen (secondary N) is 1. The molecule has 4 nitrogen and oxygen atoms in total. The SMILES string of the molecule is CCC.c1ccc(-c2ccc3c(c2)c2cc4c(cc2n3-c2ccccc2)c2c(n4-c3ccccc3)NC(c3ccccc3)N2c2ccccc2)cc1. The fourth-order valence-corrected chi connectivity index (χ4v) is 7.73. The first kappa shape index (κ1) is 31.5. The van der Waals surface area contributed by atoms with Gasteiger partial charge in [-0.3, -0.25) is 4.57 Å². The van der Waals surface area contributed by atoms with Gasteiger partial charge in [-0.25, -0.2) is 0 Å². The molecular weight excluding hydrogens is 633 g/mol. The number of nitrogens with zero attached hydrogens (tertiary/aromatic N) is 3. The molecule has 52 heavy (non-hydrogen) atoms. The van der Waals surface area contributed by atoms with Crippen LogP contribution in [-0.4, -0.2) is 9.13 Å². The first-order chi connectivity index (χ1) is 25.7. The largest absolute Gasteiger partial charge is 0.345 e. The Hall–Kier alpha value is -6.52. The van der Waals surface area contributed by atoms with Crippen molar-refractivity contribution in [3.05, 3.63) is 188 Å². The Morgan fingerprint density at radius 3 is 1.54 bits per heavy atom. The highest BCUT2D eigenvalue weighted by Crippen LogP contribution is 2.53. The van der Waals surface area contributed by atoms with Gasteiger partial charge in [0.2, 0.25) is 0 Å². The zero-order valence-corrected chi connectivity index (χ0v) is 29.4. The lowest BCUT2D eigenvalue weighted by molar-refractivity contribution is 0.823. The fraction of sp³-hybridized carbons (Fsp3) is 0.0833. The Labute approximate surface area is 304 Å². The second kappa shape index (κ2) is 13.3. The number of rotatable bonds is 5. The zero-order chi connectivity index (χ0) is 35.0. The van der Waals surface area contributed by atoms with Crippen molar-refractivity contribution in [2.45, 2.75) is 26.4 Å². The molecule has 1 aliphatic heterocycles. The Morgan fingerprint density at radius 1 is 0.442 bits per heavy atom. The van der Waals surface area contributed by atoms with Crippen LogP contribution < -0.4 is 10.2 Å². The molecule has 3 heterocycles. The second-order valence-electron chi connectivity index (χ2n) is 13.4. The molecule has 1 N–H and O–H groups in total. The van der Waals surface area contributed by atoms with Gasteiger partial charge in [0.1, 0.15) is 12.0 Å². The van der Waals surface area contributed by atoms with Gasteiger partial charge in [-0.15, -0.1) is 0 Å². The van der Waals surface area contributed by atoms with Gasteiger partial charge in [-0.2, -0.15) is 0 Å². The van der Waals surface area contributed by atoms with Gasteiger partial charge in [0.15, 0.2) is 0 Å². The number of benzene rings is 7. The molecule has 0 aliphatic carbocycles. The Balaban J connectivity index is 0.00000116. The van der Waals surface area contributed by atoms with Gasteiger partial charge in [-0.05, 0) is 77.4 Å². The minimum atomic E-state index is -0.0722. The maximum Gasteiger partial charge on any atom is 0.138 e. The summed E-state index contributed by atoms with van der Waals surface area (Å²) in [5.41, 5.74) is 11.8. The molecule has 2 aromatic heterocycles. The zero-order valence-electron chi connectivity index (χ0n) is 29.4. The highest BCUT2D eigenvalue weighted by Gasteiger charge is 2.37. The molecule has 1 atom stereocenters. The number of hydrogen-bond donors (Lipinski definition) is 1. The summed E-state index contributed by atoms with van der Waals surface area (Å²) in [6, 6.07) is 65.4. The molecule has 4 heteroatoms. The molecule has 1 aliphatic rings. The molecule has 0 bridgehead atoms. The van der Waals surface area contributed by atoms with E-state index in [1.807, 2.05) is 0 Å². The summed E-state index contributed by atoms with van der Waals surface area (Å²) in [6.07, 6.45) is 1.18. The molecule has 0 fully saturated rings. The summed E-state index contributed by atoms with van der Waals surface area (Å²) in [4.78, 5) is 2.47. The van der Waals surface area contributed by atoms with E-state index in [1.165, 1.54) is 61.5 Å². The number of aromatic nitrogens is 2. The van der Waals surface area contributed by atoms with Crippen molar-refractivity contribution < 1.29 is 0 Å². The summed E-state index contributed by atoms with van der Waals surface area (Å²) >= 11 is 0. The van der Waals surface area contributed by atoms with Crippen LogP contribution in [0.15, 0.2) is 182 Å². The maximum absolute atomic E-state index is 4.00. The van der Waals surface area contributed by atoms with E-state index in [2.05, 4.69) is 215 Å². The molecule has 7 aromatic carbocycles. The van der Waals surface area contributed by atoms with Crippen molar-refractivity contribution in [3.63, 3.8) is 0 Å². The summed E-state index contributed by atoms with van der Waals surface area (Å²) in [7, 11) is 0. The fourth-order valence-electron chi connectivity index (χ4n) is 7.73. The van der Waals surface area contributed by atoms with Crippen LogP contribution in [-0.2, 0) is 0 Å². The normalized spacial score (nSPS) is 13.6. The molecule has 252 valence electrons. The highest BCUT2D eigenvalue weighted by atomic mass is 15.4. The topological polar surface area (TPSA) is 25.1 Å². The predicted octanol–water partition coefficient (Wildman–Crippen LogP) is 13.1. The number of anilines is 3. The van der Waals surface area contributed by atoms with Crippen molar-refractivity contribution >= 4 is 49.9 Å². The molecule has 0 saturated carbocycles. The third kappa shape index (κ3) is 5.23. The Bertz CT molecular complexity index is 2630. The van der Waals surface area contributed by atoms with Crippen molar-refractivity contribution in [1.82, 2.24) is 9.13 Å². The summed E-state index contributed by atoms with van der Waals surface area (Å²) in [5.74, 6) is 1.09. The maximum atomic E-state index is 4.00. The lowest BCUT2D eigenvalue weighted by atomic mass is 10.0. The molecule has 9 aromatic rings. The van der Waals surface area contributed by atoms with Crippen LogP contribution in [0.4, 0.5) is 17.2 Å². The van der Waals surface area contributed by atoms with Crippen LogP contribution in [0.3, 0.4) is 0 Å². The van der Waals surface area contributed by atoms with Crippen LogP contribution in [0.25, 0.3) is 55.2 Å². The third-order valence-corrected chi connectivity index (χ3v) is 9.88. The Kier molecular flexibility index (Phi) is 8.05. The second-order valence-corrected chi connectivity index (χ2v) is 13.4. The summed E-state index contributed by atoms with van der Waals surface area (Å²) in [6.45, 7) is 4.25. The van der Waals surface area contributed by atoms with Crippen molar-refractivity contribution in [1.29, 1.82) is 0 Å². The van der Waals surface area contributed by atoms with Crippen molar-refractivity contribution in [2.75, 3.05) is 10.2 Å². The first-order valence-corrected chi connectivity index (χ1v) is 18.2. The number of fused-ring (bicyclic) bond motifs is 6. The van der Waals surface area contributed by atoms with E-state index >= 15 is 0 Å². The van der Waals surface area contributed by atoms with Crippen molar-refractivity contribution in [2.24, 2.45) is 0 Å². The number of para-hydroxylation sites is 3. The van der Waals surface area contributed by atoms with E-state index in [-0.39, 0.29) is 6.17 Å². The van der Waals surface area contributed by atoms with Gasteiger partial charge in [0.25, 0.3) is 0 Å². The van der Waals surface area contributed by atoms with Gasteiger partial charge < -0.3 is 14.8 Å². The van der Waals surface area contributed by atoms with Crippen LogP contribution >= 0.6 is 0 Å². The van der Waals surface area contributed by atoms with E-state index < -0.39 is 0 Å². The number of hydrogen-bond acceptors (Lipinski definition) is 2. The quantitative estimate of drug-likeness (QED) is 0.197. The molecule has 1 unspecified atom stereocenters. The molecule has 0 amide bonds. The molecule has 0 spiro atoms. The van der Waals surface area contributed by atoms with E-state index in [1.54, 1.807) is 0 Å². The van der Waals surface area contributed by atoms with E-state index in [0.29, 0.717) is 0 Å². The van der Waals surface area contributed by atoms with Crippen LogP contribution in [0.5, 0.6) is 0 Å². The Morgan fingerprint density at radius 2 is 0.923 bits per heavy atom. The smallest absolute Gasteiger partial charge is 0.138 e. The standard InChI is InChI=1S/C45H32N4.C3H8/c1-6-16-31(17-7-1)33-26-27-40-37(28-33)38-29-42-39(30-41(38)47(40)34-20-10-3-11-21-34)43-45(48(42)35-22-12-4-13-23-35)46-44(32-18-8-2-9-19-32)49(43)36-24-14-5-15-25-36;1-3-2/h1-30,44,46H;3H2,1-2H3. The van der Waals surface area contributed by atoms with E-state index in [0.717, 1.165) is 22.9 Å². The van der Waals surface area contributed by atoms with Gasteiger partial charge in [0, 0.05) is 33.2 Å². The molecule has 0 radical (unpaired) electrons. The van der Waals surface area contributed by atoms with Gasteiger partial charge in [0.05, 0.1) is 22.2 Å². The minimum absolute atomic E-state index is 0.0722. The lowest BCUT2D eigenvalue weighted by Crippen LogP contribution is -2.24. The average Bonchev–Trinajstić information content (AvgIpc) is 3.85. The van der Waals surface area contributed by atoms with E-state index in [9.17, 15) is 0 Å². The minimum Gasteiger partial charge on any atom is -0.345 e. The summed E-state index contributed by atoms with van der Waals surface area (Å²) < 4.78 is 4.84. The summed E-state index contributed by atoms with van der Waals surface area (Å²) in [5, 5.41) is 7.66. The molecule has 10 rings (SSSR count). The van der Waals surface area contributed by atoms with Crippen LogP contribution in [0.2, 0.25) is 0 Å². The molecular formula is C48H40N4. The predicted molar refractivity (Wildman–Crippen MR) is 220 cm³/mol. The van der Waals surface area contributed by atoms with Crippen molar-refractivity contribution in [3.8, 4) is 22.5 Å². The van der Waals surface area contributed by atoms with E-state index in [4.69, 9.17) is 0 Å². The lowest BCUT2D eigenvalue weighted by Gasteiger charge is -2.28.